The van der Waals surface area contributed by atoms with E-state index in [-0.39, 0.29) is 22.9 Å². The summed E-state index contributed by atoms with van der Waals surface area (Å²) < 4.78 is 11.0. The molecule has 60 heavy (non-hydrogen) atoms. The molecule has 0 fully saturated rings. The van der Waals surface area contributed by atoms with Gasteiger partial charge >= 0.3 is 12.2 Å². The molecule has 6 aromatic rings. The first-order valence-corrected chi connectivity index (χ1v) is 20.2. The fraction of sp³-hybridized carbons (Fsp3) is 0.360. The van der Waals surface area contributed by atoms with Gasteiger partial charge in [0.05, 0.1) is 35.9 Å². The first kappa shape index (κ1) is 43.1. The zero-order chi connectivity index (χ0) is 43.6. The van der Waals surface area contributed by atoms with Crippen LogP contribution in [0.25, 0.3) is 44.1 Å². The van der Waals surface area contributed by atoms with Crippen LogP contribution in [0.1, 0.15) is 118 Å². The zero-order valence-corrected chi connectivity index (χ0v) is 36.8. The van der Waals surface area contributed by atoms with Gasteiger partial charge in [-0.1, -0.05) is 89.8 Å². The number of carbonyl (C=O) groups is 2. The van der Waals surface area contributed by atoms with Crippen molar-refractivity contribution in [3.8, 4) is 46.2 Å². The Balaban J connectivity index is 1.12. The molecule has 2 amide bonds. The Bertz CT molecular complexity index is 2490. The van der Waals surface area contributed by atoms with Crippen molar-refractivity contribution in [2.24, 2.45) is 10.8 Å². The highest BCUT2D eigenvalue weighted by molar-refractivity contribution is 5.89. The average Bonchev–Trinajstić information content (AvgIpc) is 3.83. The van der Waals surface area contributed by atoms with E-state index in [9.17, 15) is 9.59 Å². The predicted molar refractivity (Wildman–Crippen MR) is 240 cm³/mol. The van der Waals surface area contributed by atoms with Crippen LogP contribution in [-0.4, -0.2) is 43.3 Å². The standard InChI is InChI=1S/C50H56N6O4/c1-47(2,3)41(55-45(57)59-49(7,8)9)43-51-29-39(53-43)37-23-21-33-25-31(17-19-35(33)27-37)15-13-14-16-32-18-20-36-28-38(24-22-34(36)26-32)40-30-52-44(54-40)42(48(4,5)6)56-46(58)60-50(10,11)12/h17-30,41-42H,1-12H3,(H,51,53)(H,52,54)(H,55,57)(H,56,58)/t41-,42-/m1/s1. The Hall–Kier alpha value is -6.52. The largest absolute Gasteiger partial charge is 0.444 e. The van der Waals surface area contributed by atoms with E-state index in [0.717, 1.165) is 55.2 Å². The summed E-state index contributed by atoms with van der Waals surface area (Å²) in [6, 6.07) is 23.9. The van der Waals surface area contributed by atoms with Gasteiger partial charge in [-0.15, -0.1) is 0 Å². The Kier molecular flexibility index (Phi) is 11.9. The molecule has 2 atom stereocenters. The van der Waals surface area contributed by atoms with Gasteiger partial charge in [0.1, 0.15) is 22.9 Å². The van der Waals surface area contributed by atoms with E-state index in [1.165, 1.54) is 0 Å². The van der Waals surface area contributed by atoms with Gasteiger partial charge in [0.2, 0.25) is 0 Å². The summed E-state index contributed by atoms with van der Waals surface area (Å²) in [7, 11) is 0. The minimum Gasteiger partial charge on any atom is -0.444 e. The van der Waals surface area contributed by atoms with Gasteiger partial charge in [0, 0.05) is 22.3 Å². The summed E-state index contributed by atoms with van der Waals surface area (Å²) in [6.45, 7) is 23.4. The number of nitrogens with one attached hydrogen (secondary N) is 4. The third kappa shape index (κ3) is 11.1. The number of rotatable bonds is 6. The van der Waals surface area contributed by atoms with E-state index in [0.29, 0.717) is 11.6 Å². The van der Waals surface area contributed by atoms with Crippen molar-refractivity contribution in [1.29, 1.82) is 0 Å². The van der Waals surface area contributed by atoms with E-state index < -0.39 is 23.4 Å². The number of imidazole rings is 2. The van der Waals surface area contributed by atoms with E-state index in [1.54, 1.807) is 12.4 Å². The number of aromatic amines is 2. The Labute approximate surface area is 353 Å². The number of carbonyl (C=O) groups excluding carboxylic acids is 2. The van der Waals surface area contributed by atoms with Crippen molar-refractivity contribution in [3.63, 3.8) is 0 Å². The van der Waals surface area contributed by atoms with E-state index in [2.05, 4.69) is 144 Å². The molecule has 2 heterocycles. The molecule has 4 aromatic carbocycles. The molecule has 10 nitrogen and oxygen atoms in total. The highest BCUT2D eigenvalue weighted by Gasteiger charge is 2.33. The van der Waals surface area contributed by atoms with Gasteiger partial charge in [0.25, 0.3) is 0 Å². The van der Waals surface area contributed by atoms with Crippen LogP contribution in [0.2, 0.25) is 0 Å². The van der Waals surface area contributed by atoms with Crippen LogP contribution in [-0.2, 0) is 9.47 Å². The predicted octanol–water partition coefficient (Wildman–Crippen LogP) is 11.4. The molecule has 0 radical (unpaired) electrons. The molecule has 2 aromatic heterocycles. The normalized spacial score (nSPS) is 13.1. The summed E-state index contributed by atoms with van der Waals surface area (Å²) in [5.74, 6) is 13.7. The number of H-pyrrole nitrogens is 2. The molecule has 310 valence electrons. The second kappa shape index (κ2) is 16.6. The highest BCUT2D eigenvalue weighted by Crippen LogP contribution is 2.35. The summed E-state index contributed by atoms with van der Waals surface area (Å²) in [5, 5.41) is 10.2. The number of alkyl carbamates (subject to hydrolysis) is 2. The smallest absolute Gasteiger partial charge is 0.408 e. The fourth-order valence-electron chi connectivity index (χ4n) is 6.69. The number of benzene rings is 4. The molecule has 0 spiro atoms. The van der Waals surface area contributed by atoms with Crippen LogP contribution < -0.4 is 10.6 Å². The van der Waals surface area contributed by atoms with Crippen LogP contribution in [0.4, 0.5) is 9.59 Å². The Morgan fingerprint density at radius 3 is 1.23 bits per heavy atom. The molecule has 0 aliphatic rings. The third-order valence-electron chi connectivity index (χ3n) is 9.57. The maximum absolute atomic E-state index is 12.6. The Morgan fingerprint density at radius 1 is 0.533 bits per heavy atom. The molecular weight excluding hydrogens is 749 g/mol. The summed E-state index contributed by atoms with van der Waals surface area (Å²) in [5.41, 5.74) is 3.59. The van der Waals surface area contributed by atoms with Gasteiger partial charge in [0.15, 0.2) is 0 Å². The lowest BCUT2D eigenvalue weighted by atomic mass is 9.86. The zero-order valence-electron chi connectivity index (χ0n) is 36.8. The van der Waals surface area contributed by atoms with Gasteiger partial charge in [-0.2, -0.15) is 0 Å². The average molecular weight is 805 g/mol. The molecule has 0 bridgehead atoms. The number of fused-ring (bicyclic) bond motifs is 2. The number of hydrogen-bond acceptors (Lipinski definition) is 6. The second-order valence-corrected chi connectivity index (χ2v) is 19.3. The SMILES string of the molecule is CC(C)(C)OC(=O)N[C@H](c1ncc(-c2ccc3cc(C#CC#Cc4ccc5cc(-c6cnc([C@@H](NC(=O)OC(C)(C)C)C(C)(C)C)[nH]6)ccc5c4)ccc3c2)[nH]1)C(C)(C)C. The van der Waals surface area contributed by atoms with Crippen molar-refractivity contribution in [2.45, 2.75) is 106 Å². The number of nitrogens with zero attached hydrogens (tertiary/aromatic N) is 2. The minimum atomic E-state index is -0.602. The minimum absolute atomic E-state index is 0.311. The van der Waals surface area contributed by atoms with Crippen LogP contribution in [0.3, 0.4) is 0 Å². The van der Waals surface area contributed by atoms with E-state index in [4.69, 9.17) is 9.47 Å². The van der Waals surface area contributed by atoms with Crippen molar-refractivity contribution in [1.82, 2.24) is 30.6 Å². The monoisotopic (exact) mass is 804 g/mol. The van der Waals surface area contributed by atoms with Gasteiger partial charge in [-0.25, -0.2) is 19.6 Å². The van der Waals surface area contributed by atoms with Gasteiger partial charge in [-0.3, -0.25) is 0 Å². The lowest BCUT2D eigenvalue weighted by Gasteiger charge is -2.31. The lowest BCUT2D eigenvalue weighted by molar-refractivity contribution is 0.0448. The van der Waals surface area contributed by atoms with Gasteiger partial charge < -0.3 is 30.1 Å². The molecular formula is C50H56N6O4. The molecule has 6 rings (SSSR count). The molecule has 0 aliphatic carbocycles. The number of hydrogen-bond donors (Lipinski definition) is 4. The highest BCUT2D eigenvalue weighted by atomic mass is 16.6. The quantitative estimate of drug-likeness (QED) is 0.124. The van der Waals surface area contributed by atoms with Crippen molar-refractivity contribution < 1.29 is 19.1 Å². The Morgan fingerprint density at radius 2 is 0.883 bits per heavy atom. The van der Waals surface area contributed by atoms with E-state index >= 15 is 0 Å². The fourth-order valence-corrected chi connectivity index (χ4v) is 6.69. The lowest BCUT2D eigenvalue weighted by Crippen LogP contribution is -2.40. The van der Waals surface area contributed by atoms with Crippen molar-refractivity contribution >= 4 is 33.7 Å². The second-order valence-electron chi connectivity index (χ2n) is 19.3. The maximum atomic E-state index is 12.6. The van der Waals surface area contributed by atoms with Crippen LogP contribution in [0.15, 0.2) is 85.2 Å². The molecule has 4 N–H and O–H groups in total. The first-order chi connectivity index (χ1) is 28.0. The third-order valence-corrected chi connectivity index (χ3v) is 9.57. The summed E-state index contributed by atoms with van der Waals surface area (Å²) >= 11 is 0. The number of aromatic nitrogens is 4. The summed E-state index contributed by atoms with van der Waals surface area (Å²) in [4.78, 5) is 41.4. The first-order valence-electron chi connectivity index (χ1n) is 20.2. The van der Waals surface area contributed by atoms with E-state index in [1.807, 2.05) is 65.8 Å². The summed E-state index contributed by atoms with van der Waals surface area (Å²) in [6.07, 6.45) is 2.63. The van der Waals surface area contributed by atoms with Crippen LogP contribution in [0.5, 0.6) is 0 Å². The number of amides is 2. The molecule has 0 aliphatic heterocycles. The molecule has 0 saturated carbocycles. The molecule has 0 saturated heterocycles. The number of ether oxygens (including phenoxy) is 2. The maximum Gasteiger partial charge on any atom is 0.408 e. The van der Waals surface area contributed by atoms with Crippen LogP contribution >= 0.6 is 0 Å². The molecule has 0 unspecified atom stereocenters. The van der Waals surface area contributed by atoms with Crippen molar-refractivity contribution in [3.05, 3.63) is 108 Å². The molecule has 10 heteroatoms. The topological polar surface area (TPSA) is 134 Å². The van der Waals surface area contributed by atoms with Crippen LogP contribution in [0, 0.1) is 34.5 Å². The van der Waals surface area contributed by atoms with Crippen molar-refractivity contribution in [2.75, 3.05) is 0 Å². The van der Waals surface area contributed by atoms with Gasteiger partial charge in [-0.05, 0) is 122 Å².